The van der Waals surface area contributed by atoms with Gasteiger partial charge in [0.2, 0.25) is 15.9 Å². The van der Waals surface area contributed by atoms with Gasteiger partial charge in [-0.15, -0.1) is 0 Å². The molecule has 0 fully saturated rings. The number of hydrogen-bond donors (Lipinski definition) is 2. The van der Waals surface area contributed by atoms with Crippen LogP contribution in [0.2, 0.25) is 0 Å². The summed E-state index contributed by atoms with van der Waals surface area (Å²) < 4.78 is 37.0. The number of carbonyl (C=O) groups is 1. The van der Waals surface area contributed by atoms with Crippen LogP contribution in [0.5, 0.6) is 0 Å². The summed E-state index contributed by atoms with van der Waals surface area (Å²) in [5, 5.41) is 2.64. The molecule has 0 bridgehead atoms. The van der Waals surface area contributed by atoms with Crippen molar-refractivity contribution in [3.63, 3.8) is 0 Å². The fourth-order valence-electron chi connectivity index (χ4n) is 2.38. The quantitative estimate of drug-likeness (QED) is 0.714. The van der Waals surface area contributed by atoms with Gasteiger partial charge in [0.05, 0.1) is 23.8 Å². The SMILES string of the molecule is CN(CC(=O)Nc1ccc2nc(-c3cccc(F)c3)[nH]c2c1)S(C)(=O)=O. The molecule has 9 heteroatoms. The third kappa shape index (κ3) is 4.06. The van der Waals surface area contributed by atoms with E-state index >= 15 is 0 Å². The summed E-state index contributed by atoms with van der Waals surface area (Å²) >= 11 is 0. The Balaban J connectivity index is 1.80. The summed E-state index contributed by atoms with van der Waals surface area (Å²) in [6, 6.07) is 11.1. The van der Waals surface area contributed by atoms with Gasteiger partial charge in [0.15, 0.2) is 0 Å². The van der Waals surface area contributed by atoms with E-state index in [0.717, 1.165) is 10.6 Å². The van der Waals surface area contributed by atoms with Crippen molar-refractivity contribution in [2.24, 2.45) is 0 Å². The molecule has 0 saturated carbocycles. The average molecular weight is 376 g/mol. The number of H-pyrrole nitrogens is 1. The van der Waals surface area contributed by atoms with E-state index in [2.05, 4.69) is 15.3 Å². The molecule has 3 aromatic rings. The molecule has 1 amide bonds. The largest absolute Gasteiger partial charge is 0.338 e. The maximum atomic E-state index is 13.4. The number of anilines is 1. The third-order valence-corrected chi connectivity index (χ3v) is 5.06. The van der Waals surface area contributed by atoms with E-state index in [1.54, 1.807) is 30.3 Å². The number of nitrogens with zero attached hydrogens (tertiary/aromatic N) is 2. The van der Waals surface area contributed by atoms with Crippen LogP contribution in [0.1, 0.15) is 0 Å². The zero-order chi connectivity index (χ0) is 18.9. The maximum absolute atomic E-state index is 13.4. The highest BCUT2D eigenvalue weighted by atomic mass is 32.2. The number of fused-ring (bicyclic) bond motifs is 1. The zero-order valence-corrected chi connectivity index (χ0v) is 15.0. The van der Waals surface area contributed by atoms with Gasteiger partial charge in [0.25, 0.3) is 0 Å². The van der Waals surface area contributed by atoms with Crippen molar-refractivity contribution >= 4 is 32.7 Å². The van der Waals surface area contributed by atoms with Crippen molar-refractivity contribution in [2.45, 2.75) is 0 Å². The monoisotopic (exact) mass is 376 g/mol. The van der Waals surface area contributed by atoms with Gasteiger partial charge in [-0.2, -0.15) is 4.31 Å². The molecule has 0 spiro atoms. The van der Waals surface area contributed by atoms with E-state index in [0.29, 0.717) is 28.1 Å². The van der Waals surface area contributed by atoms with Crippen LogP contribution in [0.3, 0.4) is 0 Å². The van der Waals surface area contributed by atoms with Crippen LogP contribution in [-0.4, -0.2) is 48.4 Å². The lowest BCUT2D eigenvalue weighted by atomic mass is 10.2. The fourth-order valence-corrected chi connectivity index (χ4v) is 2.73. The van der Waals surface area contributed by atoms with Gasteiger partial charge in [-0.05, 0) is 30.3 Å². The number of likely N-dealkylation sites (N-methyl/N-ethyl adjacent to an activating group) is 1. The van der Waals surface area contributed by atoms with Crippen molar-refractivity contribution in [1.29, 1.82) is 0 Å². The van der Waals surface area contributed by atoms with Crippen LogP contribution in [0, 0.1) is 5.82 Å². The molecule has 0 atom stereocenters. The summed E-state index contributed by atoms with van der Waals surface area (Å²) in [5.41, 5.74) is 2.44. The van der Waals surface area contributed by atoms with Crippen LogP contribution in [-0.2, 0) is 14.8 Å². The number of nitrogens with one attached hydrogen (secondary N) is 2. The Morgan fingerprint density at radius 3 is 2.73 bits per heavy atom. The lowest BCUT2D eigenvalue weighted by Crippen LogP contribution is -2.34. The minimum Gasteiger partial charge on any atom is -0.338 e. The number of carbonyl (C=O) groups excluding carboxylic acids is 1. The Hall–Kier alpha value is -2.78. The van der Waals surface area contributed by atoms with Gasteiger partial charge >= 0.3 is 0 Å². The van der Waals surface area contributed by atoms with Crippen LogP contribution in [0.4, 0.5) is 10.1 Å². The van der Waals surface area contributed by atoms with Gasteiger partial charge in [0, 0.05) is 18.3 Å². The normalized spacial score (nSPS) is 11.8. The predicted molar refractivity (Wildman–Crippen MR) is 97.6 cm³/mol. The molecule has 0 aliphatic carbocycles. The van der Waals surface area contributed by atoms with Crippen molar-refractivity contribution < 1.29 is 17.6 Å². The Morgan fingerprint density at radius 2 is 2.04 bits per heavy atom. The summed E-state index contributed by atoms with van der Waals surface area (Å²) in [7, 11) is -2.10. The van der Waals surface area contributed by atoms with E-state index in [9.17, 15) is 17.6 Å². The summed E-state index contributed by atoms with van der Waals surface area (Å²) in [6.45, 7) is -0.283. The third-order valence-electron chi connectivity index (χ3n) is 3.80. The lowest BCUT2D eigenvalue weighted by molar-refractivity contribution is -0.116. The molecule has 0 aliphatic heterocycles. The molecular formula is C17H17FN4O3S. The molecule has 136 valence electrons. The maximum Gasteiger partial charge on any atom is 0.239 e. The number of rotatable bonds is 5. The number of hydrogen-bond acceptors (Lipinski definition) is 4. The van der Waals surface area contributed by atoms with Crippen LogP contribution in [0.15, 0.2) is 42.5 Å². The average Bonchev–Trinajstić information content (AvgIpc) is 2.97. The van der Waals surface area contributed by atoms with Crippen LogP contribution >= 0.6 is 0 Å². The molecule has 0 unspecified atom stereocenters. The van der Waals surface area contributed by atoms with Crippen molar-refractivity contribution in [2.75, 3.05) is 25.2 Å². The Morgan fingerprint density at radius 1 is 1.27 bits per heavy atom. The number of benzene rings is 2. The van der Waals surface area contributed by atoms with Gasteiger partial charge in [0.1, 0.15) is 11.6 Å². The fraction of sp³-hybridized carbons (Fsp3) is 0.176. The highest BCUT2D eigenvalue weighted by molar-refractivity contribution is 7.88. The molecule has 1 aromatic heterocycles. The van der Waals surface area contributed by atoms with Gasteiger partial charge in [-0.25, -0.2) is 17.8 Å². The first-order valence-electron chi connectivity index (χ1n) is 7.69. The number of imidazole rings is 1. The Labute approximate surface area is 149 Å². The minimum atomic E-state index is -3.43. The van der Waals surface area contributed by atoms with E-state index in [1.165, 1.54) is 19.2 Å². The first-order chi connectivity index (χ1) is 12.2. The minimum absolute atomic E-state index is 0.283. The van der Waals surface area contributed by atoms with E-state index in [4.69, 9.17) is 0 Å². The second-order valence-electron chi connectivity index (χ2n) is 5.89. The van der Waals surface area contributed by atoms with Gasteiger partial charge in [-0.3, -0.25) is 4.79 Å². The molecule has 2 aromatic carbocycles. The van der Waals surface area contributed by atoms with Gasteiger partial charge < -0.3 is 10.3 Å². The number of aromatic amines is 1. The number of sulfonamides is 1. The molecule has 2 N–H and O–H groups in total. The first-order valence-corrected chi connectivity index (χ1v) is 9.54. The summed E-state index contributed by atoms with van der Waals surface area (Å²) in [6.07, 6.45) is 1.03. The predicted octanol–water partition coefficient (Wildman–Crippen LogP) is 2.20. The van der Waals surface area contributed by atoms with E-state index in [1.807, 2.05) is 0 Å². The van der Waals surface area contributed by atoms with Crippen LogP contribution < -0.4 is 5.32 Å². The second kappa shape index (κ2) is 6.85. The van der Waals surface area contributed by atoms with Crippen molar-refractivity contribution in [3.8, 4) is 11.4 Å². The Kier molecular flexibility index (Phi) is 4.75. The molecule has 7 nitrogen and oxygen atoms in total. The highest BCUT2D eigenvalue weighted by Gasteiger charge is 2.15. The number of aromatic nitrogens is 2. The zero-order valence-electron chi connectivity index (χ0n) is 14.2. The van der Waals surface area contributed by atoms with E-state index < -0.39 is 15.9 Å². The molecule has 1 heterocycles. The molecule has 3 rings (SSSR count). The number of amides is 1. The van der Waals surface area contributed by atoms with Gasteiger partial charge in [-0.1, -0.05) is 12.1 Å². The number of halogens is 1. The summed E-state index contributed by atoms with van der Waals surface area (Å²) in [5.74, 6) is -0.298. The van der Waals surface area contributed by atoms with E-state index in [-0.39, 0.29) is 12.4 Å². The molecule has 0 aliphatic rings. The standard InChI is InChI=1S/C17H17FN4O3S/c1-22(26(2,24)25)10-16(23)19-13-6-7-14-15(9-13)21-17(20-14)11-4-3-5-12(18)8-11/h3-9H,10H2,1-2H3,(H,19,23)(H,20,21). The molecule has 0 saturated heterocycles. The van der Waals surface area contributed by atoms with Crippen LogP contribution in [0.25, 0.3) is 22.4 Å². The smallest absolute Gasteiger partial charge is 0.239 e. The van der Waals surface area contributed by atoms with Crippen molar-refractivity contribution in [3.05, 3.63) is 48.3 Å². The summed E-state index contributed by atoms with van der Waals surface area (Å²) in [4.78, 5) is 19.5. The lowest BCUT2D eigenvalue weighted by Gasteiger charge is -2.13. The molecule has 26 heavy (non-hydrogen) atoms. The molecular weight excluding hydrogens is 359 g/mol. The second-order valence-corrected chi connectivity index (χ2v) is 7.98. The Bertz CT molecular complexity index is 1080. The van der Waals surface area contributed by atoms with Crippen molar-refractivity contribution in [1.82, 2.24) is 14.3 Å². The highest BCUT2D eigenvalue weighted by Crippen LogP contribution is 2.23. The first kappa shape index (κ1) is 18.0. The topological polar surface area (TPSA) is 95.2 Å². The molecule has 0 radical (unpaired) electrons.